The van der Waals surface area contributed by atoms with E-state index in [1.807, 2.05) is 25.1 Å². The minimum Gasteiger partial charge on any atom is -0.483 e. The first-order chi connectivity index (χ1) is 10.1. The van der Waals surface area contributed by atoms with E-state index in [-0.39, 0.29) is 12.5 Å². The standard InChI is InChI=1S/C14H16BrN3O2S/c1-3-4-13-17-18-14(21-13)16-12(19)8-20-11-6-5-9(2)7-10(11)15/h5-7H,3-4,8H2,1-2H3,(H,16,18,19). The van der Waals surface area contributed by atoms with Crippen LogP contribution in [0.1, 0.15) is 23.9 Å². The molecule has 0 aliphatic rings. The predicted octanol–water partition coefficient (Wildman–Crippen LogP) is 3.58. The van der Waals surface area contributed by atoms with Gasteiger partial charge in [0.15, 0.2) is 6.61 Å². The van der Waals surface area contributed by atoms with Crippen molar-refractivity contribution < 1.29 is 9.53 Å². The Bertz CT molecular complexity index is 630. The molecule has 1 amide bonds. The van der Waals surface area contributed by atoms with Crippen LogP contribution in [0.3, 0.4) is 0 Å². The van der Waals surface area contributed by atoms with Crippen LogP contribution in [0.4, 0.5) is 5.13 Å². The zero-order chi connectivity index (χ0) is 15.2. The van der Waals surface area contributed by atoms with E-state index in [4.69, 9.17) is 4.74 Å². The largest absolute Gasteiger partial charge is 0.483 e. The molecule has 1 heterocycles. The number of carbonyl (C=O) groups is 1. The number of aryl methyl sites for hydroxylation is 2. The number of carbonyl (C=O) groups excluding carboxylic acids is 1. The molecule has 0 atom stereocenters. The average Bonchev–Trinajstić information content (AvgIpc) is 2.85. The summed E-state index contributed by atoms with van der Waals surface area (Å²) >= 11 is 4.80. The van der Waals surface area contributed by atoms with Crippen LogP contribution in [0, 0.1) is 6.92 Å². The molecule has 0 aliphatic carbocycles. The van der Waals surface area contributed by atoms with Crippen LogP contribution in [-0.2, 0) is 11.2 Å². The van der Waals surface area contributed by atoms with Gasteiger partial charge in [0.25, 0.3) is 5.91 Å². The Labute approximate surface area is 135 Å². The third-order valence-corrected chi connectivity index (χ3v) is 4.14. The van der Waals surface area contributed by atoms with Crippen molar-refractivity contribution in [1.82, 2.24) is 10.2 Å². The van der Waals surface area contributed by atoms with E-state index in [1.165, 1.54) is 11.3 Å². The molecule has 0 saturated heterocycles. The van der Waals surface area contributed by atoms with Crippen LogP contribution in [0.2, 0.25) is 0 Å². The quantitative estimate of drug-likeness (QED) is 0.844. The maximum Gasteiger partial charge on any atom is 0.264 e. The maximum absolute atomic E-state index is 11.8. The third kappa shape index (κ3) is 4.78. The highest BCUT2D eigenvalue weighted by molar-refractivity contribution is 9.10. The number of anilines is 1. The molecule has 5 nitrogen and oxygen atoms in total. The Morgan fingerprint density at radius 1 is 1.43 bits per heavy atom. The number of ether oxygens (including phenoxy) is 1. The first kappa shape index (κ1) is 15.9. The number of hydrogen-bond donors (Lipinski definition) is 1. The molecule has 0 aliphatic heterocycles. The van der Waals surface area contributed by atoms with Crippen molar-refractivity contribution in [3.63, 3.8) is 0 Å². The molecule has 2 rings (SSSR count). The lowest BCUT2D eigenvalue weighted by atomic mass is 10.2. The van der Waals surface area contributed by atoms with Crippen LogP contribution in [0.25, 0.3) is 0 Å². The highest BCUT2D eigenvalue weighted by Crippen LogP contribution is 2.25. The zero-order valence-corrected chi connectivity index (χ0v) is 14.3. The Morgan fingerprint density at radius 3 is 2.95 bits per heavy atom. The first-order valence-corrected chi connectivity index (χ1v) is 8.20. The Hall–Kier alpha value is -1.47. The second-order valence-corrected chi connectivity index (χ2v) is 6.44. The molecule has 7 heteroatoms. The summed E-state index contributed by atoms with van der Waals surface area (Å²) in [6, 6.07) is 5.70. The van der Waals surface area contributed by atoms with Crippen molar-refractivity contribution in [2.24, 2.45) is 0 Å². The molecule has 0 saturated carbocycles. The van der Waals surface area contributed by atoms with Gasteiger partial charge in [0.2, 0.25) is 5.13 Å². The fourth-order valence-corrected chi connectivity index (χ4v) is 3.11. The Balaban J connectivity index is 1.86. The first-order valence-electron chi connectivity index (χ1n) is 6.59. The number of benzene rings is 1. The van der Waals surface area contributed by atoms with Gasteiger partial charge in [-0.05, 0) is 47.0 Å². The minimum absolute atomic E-state index is 0.0651. The molecule has 2 aromatic rings. The molecule has 0 radical (unpaired) electrons. The number of nitrogens with one attached hydrogen (secondary N) is 1. The van der Waals surface area contributed by atoms with Crippen molar-refractivity contribution in [3.8, 4) is 5.75 Å². The molecule has 0 fully saturated rings. The van der Waals surface area contributed by atoms with Gasteiger partial charge in [0, 0.05) is 6.42 Å². The molecule has 1 aromatic heterocycles. The van der Waals surface area contributed by atoms with Crippen LogP contribution in [0.5, 0.6) is 5.75 Å². The van der Waals surface area contributed by atoms with E-state index in [0.29, 0.717) is 10.9 Å². The zero-order valence-electron chi connectivity index (χ0n) is 11.9. The summed E-state index contributed by atoms with van der Waals surface area (Å²) in [6.45, 7) is 4.00. The molecule has 0 bridgehead atoms. The number of halogens is 1. The van der Waals surface area contributed by atoms with Gasteiger partial charge in [0.1, 0.15) is 10.8 Å². The van der Waals surface area contributed by atoms with Crippen LogP contribution >= 0.6 is 27.3 Å². The molecule has 0 unspecified atom stereocenters. The summed E-state index contributed by atoms with van der Waals surface area (Å²) in [5.41, 5.74) is 1.12. The fourth-order valence-electron chi connectivity index (χ4n) is 1.64. The van der Waals surface area contributed by atoms with Crippen molar-refractivity contribution in [2.45, 2.75) is 26.7 Å². The van der Waals surface area contributed by atoms with Crippen molar-refractivity contribution in [3.05, 3.63) is 33.2 Å². The summed E-state index contributed by atoms with van der Waals surface area (Å²) in [7, 11) is 0. The van der Waals surface area contributed by atoms with E-state index in [9.17, 15) is 4.79 Å². The van der Waals surface area contributed by atoms with E-state index in [1.54, 1.807) is 0 Å². The number of amides is 1. The molecule has 112 valence electrons. The van der Waals surface area contributed by atoms with Gasteiger partial charge in [-0.15, -0.1) is 10.2 Å². The lowest BCUT2D eigenvalue weighted by Crippen LogP contribution is -2.20. The SMILES string of the molecule is CCCc1nnc(NC(=O)COc2ccc(C)cc2Br)s1. The summed E-state index contributed by atoms with van der Waals surface area (Å²) < 4.78 is 6.31. The van der Waals surface area contributed by atoms with Gasteiger partial charge in [-0.2, -0.15) is 0 Å². The topological polar surface area (TPSA) is 64.1 Å². The molecule has 21 heavy (non-hydrogen) atoms. The van der Waals surface area contributed by atoms with Gasteiger partial charge in [-0.25, -0.2) is 0 Å². The summed E-state index contributed by atoms with van der Waals surface area (Å²) in [6.07, 6.45) is 1.88. The third-order valence-electron chi connectivity index (χ3n) is 2.62. The number of hydrogen-bond acceptors (Lipinski definition) is 5. The monoisotopic (exact) mass is 369 g/mol. The summed E-state index contributed by atoms with van der Waals surface area (Å²) in [5.74, 6) is 0.390. The van der Waals surface area contributed by atoms with E-state index in [2.05, 4.69) is 38.4 Å². The molecular weight excluding hydrogens is 354 g/mol. The summed E-state index contributed by atoms with van der Waals surface area (Å²) in [4.78, 5) is 11.8. The number of aromatic nitrogens is 2. The maximum atomic E-state index is 11.8. The van der Waals surface area contributed by atoms with Gasteiger partial charge >= 0.3 is 0 Å². The van der Waals surface area contributed by atoms with Gasteiger partial charge in [-0.1, -0.05) is 24.3 Å². The van der Waals surface area contributed by atoms with Crippen molar-refractivity contribution in [2.75, 3.05) is 11.9 Å². The Morgan fingerprint density at radius 2 is 2.24 bits per heavy atom. The number of rotatable bonds is 6. The fraction of sp³-hybridized carbons (Fsp3) is 0.357. The minimum atomic E-state index is -0.248. The van der Waals surface area contributed by atoms with Gasteiger partial charge in [0.05, 0.1) is 4.47 Å². The number of nitrogens with zero attached hydrogens (tertiary/aromatic N) is 2. The van der Waals surface area contributed by atoms with Crippen LogP contribution < -0.4 is 10.1 Å². The van der Waals surface area contributed by atoms with Gasteiger partial charge in [-0.3, -0.25) is 10.1 Å². The van der Waals surface area contributed by atoms with E-state index < -0.39 is 0 Å². The second kappa shape index (κ2) is 7.51. The highest BCUT2D eigenvalue weighted by Gasteiger charge is 2.09. The van der Waals surface area contributed by atoms with Crippen LogP contribution in [0.15, 0.2) is 22.7 Å². The smallest absolute Gasteiger partial charge is 0.264 e. The predicted molar refractivity (Wildman–Crippen MR) is 86.9 cm³/mol. The van der Waals surface area contributed by atoms with E-state index in [0.717, 1.165) is 27.9 Å². The average molecular weight is 370 g/mol. The second-order valence-electron chi connectivity index (χ2n) is 4.52. The normalized spacial score (nSPS) is 10.4. The molecular formula is C14H16BrN3O2S. The van der Waals surface area contributed by atoms with Gasteiger partial charge < -0.3 is 4.74 Å². The van der Waals surface area contributed by atoms with E-state index >= 15 is 0 Å². The van der Waals surface area contributed by atoms with Crippen molar-refractivity contribution in [1.29, 1.82) is 0 Å². The summed E-state index contributed by atoms with van der Waals surface area (Å²) in [5, 5.41) is 12.1. The molecule has 0 spiro atoms. The van der Waals surface area contributed by atoms with Crippen molar-refractivity contribution >= 4 is 38.3 Å². The lowest BCUT2D eigenvalue weighted by Gasteiger charge is -2.08. The Kier molecular flexibility index (Phi) is 5.69. The van der Waals surface area contributed by atoms with Crippen LogP contribution in [-0.4, -0.2) is 22.7 Å². The highest BCUT2D eigenvalue weighted by atomic mass is 79.9. The molecule has 1 N–H and O–H groups in total. The lowest BCUT2D eigenvalue weighted by molar-refractivity contribution is -0.118. The molecule has 1 aromatic carbocycles.